The lowest BCUT2D eigenvalue weighted by atomic mass is 10.1. The highest BCUT2D eigenvalue weighted by Crippen LogP contribution is 2.26. The van der Waals surface area contributed by atoms with Crippen LogP contribution in [0.25, 0.3) is 0 Å². The first-order chi connectivity index (χ1) is 9.36. The van der Waals surface area contributed by atoms with E-state index in [0.29, 0.717) is 0 Å². The molecule has 104 valence electrons. The molecular formula is C16H25N3. The smallest absolute Gasteiger partial charge is 0.0419 e. The SMILES string of the molecule is CCN1CCC(CNCc2cccc3c2NCC3)C1. The number of anilines is 1. The summed E-state index contributed by atoms with van der Waals surface area (Å²) >= 11 is 0. The van der Waals surface area contributed by atoms with Gasteiger partial charge in [-0.15, -0.1) is 0 Å². The van der Waals surface area contributed by atoms with Gasteiger partial charge in [-0.25, -0.2) is 0 Å². The minimum Gasteiger partial charge on any atom is -0.384 e. The first-order valence-corrected chi connectivity index (χ1v) is 7.64. The van der Waals surface area contributed by atoms with Gasteiger partial charge in [-0.2, -0.15) is 0 Å². The summed E-state index contributed by atoms with van der Waals surface area (Å²) in [7, 11) is 0. The summed E-state index contributed by atoms with van der Waals surface area (Å²) in [5.74, 6) is 0.838. The van der Waals surface area contributed by atoms with Crippen LogP contribution < -0.4 is 10.6 Å². The van der Waals surface area contributed by atoms with Crippen LogP contribution in [0, 0.1) is 5.92 Å². The maximum Gasteiger partial charge on any atom is 0.0419 e. The van der Waals surface area contributed by atoms with Gasteiger partial charge in [-0.3, -0.25) is 0 Å². The summed E-state index contributed by atoms with van der Waals surface area (Å²) in [6.07, 6.45) is 2.53. The zero-order valence-corrected chi connectivity index (χ0v) is 11.9. The molecule has 19 heavy (non-hydrogen) atoms. The molecule has 1 unspecified atom stereocenters. The lowest BCUT2D eigenvalue weighted by Crippen LogP contribution is -2.26. The average Bonchev–Trinajstić information content (AvgIpc) is 3.07. The van der Waals surface area contributed by atoms with Crippen molar-refractivity contribution in [2.24, 2.45) is 5.92 Å². The fourth-order valence-electron chi connectivity index (χ4n) is 3.34. The van der Waals surface area contributed by atoms with E-state index in [9.17, 15) is 0 Å². The molecule has 1 fully saturated rings. The molecule has 0 amide bonds. The zero-order valence-electron chi connectivity index (χ0n) is 11.9. The van der Waals surface area contributed by atoms with E-state index in [1.807, 2.05) is 0 Å². The molecule has 2 aliphatic heterocycles. The van der Waals surface area contributed by atoms with E-state index in [-0.39, 0.29) is 0 Å². The molecule has 2 aliphatic rings. The quantitative estimate of drug-likeness (QED) is 0.848. The van der Waals surface area contributed by atoms with Crippen molar-refractivity contribution in [1.82, 2.24) is 10.2 Å². The van der Waals surface area contributed by atoms with Crippen LogP contribution in [0.2, 0.25) is 0 Å². The van der Waals surface area contributed by atoms with Crippen molar-refractivity contribution in [3.63, 3.8) is 0 Å². The Hall–Kier alpha value is -1.06. The Labute approximate surface area is 116 Å². The van der Waals surface area contributed by atoms with E-state index < -0.39 is 0 Å². The number of para-hydroxylation sites is 1. The fourth-order valence-corrected chi connectivity index (χ4v) is 3.34. The number of hydrogen-bond donors (Lipinski definition) is 2. The van der Waals surface area contributed by atoms with E-state index in [0.717, 1.165) is 25.6 Å². The minimum absolute atomic E-state index is 0.838. The van der Waals surface area contributed by atoms with Crippen LogP contribution in [0.5, 0.6) is 0 Å². The van der Waals surface area contributed by atoms with Crippen molar-refractivity contribution in [1.29, 1.82) is 0 Å². The number of nitrogens with one attached hydrogen (secondary N) is 2. The van der Waals surface area contributed by atoms with Crippen molar-refractivity contribution in [3.05, 3.63) is 29.3 Å². The summed E-state index contributed by atoms with van der Waals surface area (Å²) in [6, 6.07) is 6.68. The number of likely N-dealkylation sites (tertiary alicyclic amines) is 1. The molecule has 1 aromatic rings. The van der Waals surface area contributed by atoms with E-state index in [2.05, 4.69) is 40.7 Å². The number of hydrogen-bond acceptors (Lipinski definition) is 3. The van der Waals surface area contributed by atoms with Gasteiger partial charge < -0.3 is 15.5 Å². The summed E-state index contributed by atoms with van der Waals surface area (Å²) in [5.41, 5.74) is 4.30. The second-order valence-corrected chi connectivity index (χ2v) is 5.81. The predicted octanol–water partition coefficient (Wildman–Crippen LogP) is 2.09. The molecular weight excluding hydrogens is 234 g/mol. The Morgan fingerprint density at radius 3 is 3.21 bits per heavy atom. The molecule has 0 aromatic heterocycles. The molecule has 3 rings (SSSR count). The van der Waals surface area contributed by atoms with Gasteiger partial charge in [0.05, 0.1) is 0 Å². The molecule has 3 heteroatoms. The van der Waals surface area contributed by atoms with Crippen molar-refractivity contribution >= 4 is 5.69 Å². The normalized spacial score (nSPS) is 22.5. The van der Waals surface area contributed by atoms with Crippen LogP contribution in [0.3, 0.4) is 0 Å². The van der Waals surface area contributed by atoms with Crippen molar-refractivity contribution in [2.75, 3.05) is 38.0 Å². The van der Waals surface area contributed by atoms with E-state index in [4.69, 9.17) is 0 Å². The highest BCUT2D eigenvalue weighted by molar-refractivity contribution is 5.61. The molecule has 1 aromatic carbocycles. The van der Waals surface area contributed by atoms with Gasteiger partial charge in [0.2, 0.25) is 0 Å². The minimum atomic E-state index is 0.838. The van der Waals surface area contributed by atoms with Crippen molar-refractivity contribution in [3.8, 4) is 0 Å². The van der Waals surface area contributed by atoms with E-state index in [1.165, 1.54) is 49.3 Å². The standard InChI is InChI=1S/C16H25N3/c1-2-19-9-7-13(12-19)10-17-11-15-5-3-4-14-6-8-18-16(14)15/h3-5,13,17-18H,2,6-12H2,1H3. The Kier molecular flexibility index (Phi) is 4.04. The summed E-state index contributed by atoms with van der Waals surface area (Å²) in [4.78, 5) is 2.55. The highest BCUT2D eigenvalue weighted by atomic mass is 15.1. The number of benzene rings is 1. The van der Waals surface area contributed by atoms with Crippen LogP contribution in [0.1, 0.15) is 24.5 Å². The summed E-state index contributed by atoms with van der Waals surface area (Å²) < 4.78 is 0. The second kappa shape index (κ2) is 5.93. The van der Waals surface area contributed by atoms with Gasteiger partial charge >= 0.3 is 0 Å². The van der Waals surface area contributed by atoms with Crippen LogP contribution in [-0.2, 0) is 13.0 Å². The largest absolute Gasteiger partial charge is 0.384 e. The second-order valence-electron chi connectivity index (χ2n) is 5.81. The number of fused-ring (bicyclic) bond motifs is 1. The van der Waals surface area contributed by atoms with Crippen molar-refractivity contribution < 1.29 is 0 Å². The lowest BCUT2D eigenvalue weighted by Gasteiger charge is -2.15. The van der Waals surface area contributed by atoms with E-state index in [1.54, 1.807) is 0 Å². The Bertz CT molecular complexity index is 430. The van der Waals surface area contributed by atoms with Crippen molar-refractivity contribution in [2.45, 2.75) is 26.3 Å². The molecule has 0 bridgehead atoms. The first kappa shape index (κ1) is 12.9. The molecule has 3 nitrogen and oxygen atoms in total. The van der Waals surface area contributed by atoms with Crippen LogP contribution in [0.4, 0.5) is 5.69 Å². The van der Waals surface area contributed by atoms with Gasteiger partial charge in [-0.05, 0) is 49.5 Å². The molecule has 0 aliphatic carbocycles. The Morgan fingerprint density at radius 1 is 1.42 bits per heavy atom. The molecule has 0 spiro atoms. The fraction of sp³-hybridized carbons (Fsp3) is 0.625. The average molecular weight is 259 g/mol. The van der Waals surface area contributed by atoms with Gasteiger partial charge in [0.25, 0.3) is 0 Å². The number of nitrogens with zero attached hydrogens (tertiary/aromatic N) is 1. The molecule has 1 atom stereocenters. The molecule has 0 radical (unpaired) electrons. The highest BCUT2D eigenvalue weighted by Gasteiger charge is 2.20. The molecule has 0 saturated carbocycles. The summed E-state index contributed by atoms with van der Waals surface area (Å²) in [6.45, 7) is 9.26. The summed E-state index contributed by atoms with van der Waals surface area (Å²) in [5, 5.41) is 7.17. The maximum atomic E-state index is 3.65. The van der Waals surface area contributed by atoms with Gasteiger partial charge in [0.1, 0.15) is 0 Å². The first-order valence-electron chi connectivity index (χ1n) is 7.64. The topological polar surface area (TPSA) is 27.3 Å². The third-order valence-electron chi connectivity index (χ3n) is 4.50. The molecule has 1 saturated heterocycles. The van der Waals surface area contributed by atoms with Crippen LogP contribution in [0.15, 0.2) is 18.2 Å². The zero-order chi connectivity index (χ0) is 13.1. The van der Waals surface area contributed by atoms with Gasteiger partial charge in [0, 0.05) is 25.3 Å². The Balaban J connectivity index is 1.49. The maximum absolute atomic E-state index is 3.65. The molecule has 2 N–H and O–H groups in total. The third-order valence-corrected chi connectivity index (χ3v) is 4.50. The predicted molar refractivity (Wildman–Crippen MR) is 80.6 cm³/mol. The molecule has 2 heterocycles. The van der Waals surface area contributed by atoms with Crippen LogP contribution >= 0.6 is 0 Å². The monoisotopic (exact) mass is 259 g/mol. The van der Waals surface area contributed by atoms with Gasteiger partial charge in [-0.1, -0.05) is 25.1 Å². The Morgan fingerprint density at radius 2 is 2.37 bits per heavy atom. The number of rotatable bonds is 5. The third kappa shape index (κ3) is 2.93. The van der Waals surface area contributed by atoms with Crippen LogP contribution in [-0.4, -0.2) is 37.6 Å². The lowest BCUT2D eigenvalue weighted by molar-refractivity contribution is 0.339. The van der Waals surface area contributed by atoms with Gasteiger partial charge in [0.15, 0.2) is 0 Å². The van der Waals surface area contributed by atoms with E-state index >= 15 is 0 Å².